The number of amides is 3. The monoisotopic (exact) mass is 496 g/mol. The van der Waals surface area contributed by atoms with Crippen LogP contribution < -0.4 is 0 Å². The summed E-state index contributed by atoms with van der Waals surface area (Å²) in [6, 6.07) is 9.11. The molecule has 1 aliphatic carbocycles. The van der Waals surface area contributed by atoms with Crippen molar-refractivity contribution in [3.8, 4) is 5.75 Å². The van der Waals surface area contributed by atoms with Crippen LogP contribution in [-0.2, 0) is 11.2 Å². The van der Waals surface area contributed by atoms with Gasteiger partial charge in [-0.25, -0.2) is 9.18 Å². The zero-order chi connectivity index (χ0) is 24.6. The fourth-order valence-electron chi connectivity index (χ4n) is 5.70. The van der Waals surface area contributed by atoms with Crippen LogP contribution in [0.3, 0.4) is 0 Å². The van der Waals surface area contributed by atoms with Crippen molar-refractivity contribution in [3.05, 3.63) is 64.1 Å². The molecule has 35 heavy (non-hydrogen) atoms. The van der Waals surface area contributed by atoms with Crippen LogP contribution in [0.1, 0.15) is 42.6 Å². The Labute approximate surface area is 207 Å². The number of urea groups is 1. The van der Waals surface area contributed by atoms with Gasteiger partial charge in [-0.3, -0.25) is 14.6 Å². The maximum absolute atomic E-state index is 14.3. The Morgan fingerprint density at radius 1 is 1.26 bits per heavy atom. The Morgan fingerprint density at radius 2 is 2.03 bits per heavy atom. The Balaban J connectivity index is 1.49. The molecule has 3 aliphatic rings. The number of phenols is 1. The fraction of sp³-hybridized carbons (Fsp3) is 0.385. The molecule has 6 rings (SSSR count). The van der Waals surface area contributed by atoms with Gasteiger partial charge in [0, 0.05) is 42.1 Å². The molecule has 182 valence electrons. The Hall–Kier alpha value is -3.10. The highest BCUT2D eigenvalue weighted by molar-refractivity contribution is 6.31. The van der Waals surface area contributed by atoms with E-state index >= 15 is 0 Å². The van der Waals surface area contributed by atoms with Crippen molar-refractivity contribution in [2.75, 3.05) is 20.1 Å². The molecule has 9 heteroatoms. The van der Waals surface area contributed by atoms with Crippen LogP contribution in [0.5, 0.6) is 5.75 Å². The number of hydrogen-bond donors (Lipinski definition) is 2. The number of halogens is 2. The minimum absolute atomic E-state index is 0.000599. The second-order valence-corrected chi connectivity index (χ2v) is 10.5. The van der Waals surface area contributed by atoms with Gasteiger partial charge in [-0.1, -0.05) is 23.7 Å². The summed E-state index contributed by atoms with van der Waals surface area (Å²) >= 11 is 6.12. The SMILES string of the molecule is CN(CCN1C(=O)N2[C@H](c3cccc(O)c3)c3[nH]c4cc(F)c(Cl)cc4c3C[C@@]2(C)C1=O)C1CC1. The molecule has 3 heterocycles. The number of benzene rings is 2. The van der Waals surface area contributed by atoms with Gasteiger partial charge < -0.3 is 15.0 Å². The van der Waals surface area contributed by atoms with E-state index in [0.29, 0.717) is 35.9 Å². The normalized spacial score (nSPS) is 24.0. The van der Waals surface area contributed by atoms with Crippen LogP contribution in [-0.4, -0.2) is 68.4 Å². The highest BCUT2D eigenvalue weighted by atomic mass is 35.5. The van der Waals surface area contributed by atoms with Gasteiger partial charge in [-0.2, -0.15) is 0 Å². The predicted octanol–water partition coefficient (Wildman–Crippen LogP) is 4.43. The summed E-state index contributed by atoms with van der Waals surface area (Å²) in [7, 11) is 2.02. The summed E-state index contributed by atoms with van der Waals surface area (Å²) in [5.74, 6) is -0.732. The van der Waals surface area contributed by atoms with Gasteiger partial charge in [-0.15, -0.1) is 0 Å². The first-order valence-electron chi connectivity index (χ1n) is 11.8. The lowest BCUT2D eigenvalue weighted by Gasteiger charge is -2.42. The Morgan fingerprint density at radius 3 is 2.74 bits per heavy atom. The standard InChI is InChI=1S/C26H26ClFN4O3/c1-26-13-18-17-11-19(27)20(28)12-21(17)29-22(18)23(14-4-3-5-16(33)10-14)32(26)25(35)31(24(26)34)9-8-30(2)15-6-7-15/h3-5,10-12,15,23,29,33H,6-9,13H2,1-2H3/t23-,26+/m1/s1. The molecule has 1 saturated carbocycles. The minimum atomic E-state index is -1.13. The lowest BCUT2D eigenvalue weighted by atomic mass is 9.81. The van der Waals surface area contributed by atoms with Gasteiger partial charge >= 0.3 is 6.03 Å². The highest BCUT2D eigenvalue weighted by Crippen LogP contribution is 2.49. The zero-order valence-electron chi connectivity index (χ0n) is 19.5. The smallest absolute Gasteiger partial charge is 0.328 e. The molecule has 3 aromatic rings. The molecule has 0 bridgehead atoms. The van der Waals surface area contributed by atoms with Crippen LogP contribution >= 0.6 is 11.6 Å². The number of nitrogens with zero attached hydrogens (tertiary/aromatic N) is 3. The van der Waals surface area contributed by atoms with Crippen LogP contribution in [0.15, 0.2) is 36.4 Å². The third kappa shape index (κ3) is 3.34. The number of rotatable bonds is 5. The number of aromatic nitrogens is 1. The number of aromatic hydroxyl groups is 1. The molecule has 3 amide bonds. The number of imide groups is 1. The van der Waals surface area contributed by atoms with Gasteiger partial charge in [0.25, 0.3) is 5.91 Å². The van der Waals surface area contributed by atoms with Crippen molar-refractivity contribution in [1.82, 2.24) is 19.7 Å². The molecule has 2 atom stereocenters. The average molecular weight is 497 g/mol. The molecule has 2 aliphatic heterocycles. The Kier molecular flexibility index (Phi) is 4.92. The first-order chi connectivity index (χ1) is 16.7. The average Bonchev–Trinajstić information content (AvgIpc) is 3.59. The van der Waals surface area contributed by atoms with E-state index < -0.39 is 17.4 Å². The van der Waals surface area contributed by atoms with Crippen molar-refractivity contribution in [1.29, 1.82) is 0 Å². The van der Waals surface area contributed by atoms with Crippen molar-refractivity contribution in [2.24, 2.45) is 0 Å². The van der Waals surface area contributed by atoms with Gasteiger partial charge in [0.15, 0.2) is 0 Å². The van der Waals surface area contributed by atoms with Crippen LogP contribution in [0.2, 0.25) is 5.02 Å². The van der Waals surface area contributed by atoms with Crippen molar-refractivity contribution >= 4 is 34.4 Å². The largest absolute Gasteiger partial charge is 0.508 e. The molecule has 1 saturated heterocycles. The van der Waals surface area contributed by atoms with Gasteiger partial charge in [0.1, 0.15) is 23.1 Å². The number of fused-ring (bicyclic) bond motifs is 4. The van der Waals surface area contributed by atoms with E-state index in [-0.39, 0.29) is 29.1 Å². The minimum Gasteiger partial charge on any atom is -0.508 e. The van der Waals surface area contributed by atoms with Crippen molar-refractivity contribution in [3.63, 3.8) is 0 Å². The van der Waals surface area contributed by atoms with E-state index in [1.165, 1.54) is 11.0 Å². The van der Waals surface area contributed by atoms with Gasteiger partial charge in [0.2, 0.25) is 0 Å². The summed E-state index contributed by atoms with van der Waals surface area (Å²) in [6.07, 6.45) is 2.57. The number of H-pyrrole nitrogens is 1. The molecule has 2 N–H and O–H groups in total. The van der Waals surface area contributed by atoms with E-state index in [9.17, 15) is 19.1 Å². The van der Waals surface area contributed by atoms with Crippen LogP contribution in [0.25, 0.3) is 10.9 Å². The number of aromatic amines is 1. The summed E-state index contributed by atoms with van der Waals surface area (Å²) in [6.45, 7) is 2.72. The summed E-state index contributed by atoms with van der Waals surface area (Å²) in [5.41, 5.74) is 1.60. The van der Waals surface area contributed by atoms with Gasteiger partial charge in [-0.05, 0) is 62.2 Å². The number of carbonyl (C=O) groups is 2. The maximum Gasteiger partial charge on any atom is 0.328 e. The quantitative estimate of drug-likeness (QED) is 0.512. The summed E-state index contributed by atoms with van der Waals surface area (Å²) in [5, 5.41) is 10.9. The number of nitrogens with one attached hydrogen (secondary N) is 1. The number of carbonyl (C=O) groups excluding carboxylic acids is 2. The lowest BCUT2D eigenvalue weighted by molar-refractivity contribution is -0.133. The summed E-state index contributed by atoms with van der Waals surface area (Å²) in [4.78, 5) is 36.1. The third-order valence-corrected chi connectivity index (χ3v) is 8.03. The van der Waals surface area contributed by atoms with Gasteiger partial charge in [0.05, 0.1) is 5.02 Å². The molecule has 2 aromatic carbocycles. The number of likely N-dealkylation sites (N-methyl/N-ethyl adjacent to an activating group) is 1. The molecule has 1 aromatic heterocycles. The lowest BCUT2D eigenvalue weighted by Crippen LogP contribution is -2.53. The topological polar surface area (TPSA) is 79.9 Å². The van der Waals surface area contributed by atoms with E-state index in [4.69, 9.17) is 11.6 Å². The Bertz CT molecular complexity index is 1390. The first kappa shape index (κ1) is 22.4. The zero-order valence-corrected chi connectivity index (χ0v) is 20.3. The first-order valence-corrected chi connectivity index (χ1v) is 12.2. The van der Waals surface area contributed by atoms with Crippen LogP contribution in [0.4, 0.5) is 9.18 Å². The molecule has 0 spiro atoms. The van der Waals surface area contributed by atoms with Crippen molar-refractivity contribution in [2.45, 2.75) is 43.8 Å². The van der Waals surface area contributed by atoms with E-state index in [0.717, 1.165) is 23.8 Å². The molecule has 0 radical (unpaired) electrons. The molecular weight excluding hydrogens is 471 g/mol. The maximum atomic E-state index is 14.3. The fourth-order valence-corrected chi connectivity index (χ4v) is 5.87. The predicted molar refractivity (Wildman–Crippen MR) is 130 cm³/mol. The summed E-state index contributed by atoms with van der Waals surface area (Å²) < 4.78 is 14.3. The number of hydrogen-bond acceptors (Lipinski definition) is 4. The number of phenolic OH excluding ortho intramolecular Hbond substituents is 1. The molecular formula is C26H26ClFN4O3. The molecule has 7 nitrogen and oxygen atoms in total. The van der Waals surface area contributed by atoms with E-state index in [1.807, 2.05) is 13.1 Å². The van der Waals surface area contributed by atoms with E-state index in [2.05, 4.69) is 9.88 Å². The second kappa shape index (κ2) is 7.70. The van der Waals surface area contributed by atoms with E-state index in [1.54, 1.807) is 36.1 Å². The molecule has 2 fully saturated rings. The second-order valence-electron chi connectivity index (χ2n) is 10.1. The van der Waals surface area contributed by atoms with Crippen molar-refractivity contribution < 1.29 is 19.1 Å². The van der Waals surface area contributed by atoms with Crippen LogP contribution in [0, 0.1) is 5.82 Å². The molecule has 0 unspecified atom stereocenters. The highest BCUT2D eigenvalue weighted by Gasteiger charge is 2.60. The third-order valence-electron chi connectivity index (χ3n) is 7.74.